The van der Waals surface area contributed by atoms with Crippen LogP contribution in [0.25, 0.3) is 0 Å². The maximum absolute atomic E-state index is 5.61. The van der Waals surface area contributed by atoms with Crippen molar-refractivity contribution in [1.82, 2.24) is 5.32 Å². The molecule has 3 nitrogen and oxygen atoms in total. The Morgan fingerprint density at radius 3 is 2.33 bits per heavy atom. The molecule has 0 saturated carbocycles. The molecular formula is C18H32N2O. The summed E-state index contributed by atoms with van der Waals surface area (Å²) in [5, 5.41) is 3.60. The molecule has 0 aliphatic heterocycles. The van der Waals surface area contributed by atoms with Crippen molar-refractivity contribution in [3.8, 4) is 0 Å². The second-order valence-corrected chi connectivity index (χ2v) is 5.85. The van der Waals surface area contributed by atoms with E-state index >= 15 is 0 Å². The van der Waals surface area contributed by atoms with Gasteiger partial charge in [-0.3, -0.25) is 0 Å². The Morgan fingerprint density at radius 1 is 1.14 bits per heavy atom. The first-order valence-corrected chi connectivity index (χ1v) is 8.24. The normalized spacial score (nSPS) is 12.7. The number of nitrogens with one attached hydrogen (secondary N) is 1. The molecule has 0 spiro atoms. The summed E-state index contributed by atoms with van der Waals surface area (Å²) in [6.07, 6.45) is 2.60. The molecule has 21 heavy (non-hydrogen) atoms. The molecule has 0 aliphatic carbocycles. The summed E-state index contributed by atoms with van der Waals surface area (Å²) in [4.78, 5) is 2.24. The van der Waals surface area contributed by atoms with Gasteiger partial charge in [0.1, 0.15) is 0 Å². The number of hydrogen-bond acceptors (Lipinski definition) is 3. The highest BCUT2D eigenvalue weighted by Gasteiger charge is 2.08. The molecule has 120 valence electrons. The molecule has 1 rings (SSSR count). The first kappa shape index (κ1) is 18.0. The second-order valence-electron chi connectivity index (χ2n) is 5.85. The first-order valence-electron chi connectivity index (χ1n) is 8.24. The molecule has 1 atom stereocenters. The van der Waals surface area contributed by atoms with Crippen LogP contribution in [0.1, 0.15) is 52.1 Å². The molecular weight excluding hydrogens is 260 g/mol. The topological polar surface area (TPSA) is 24.5 Å². The Bertz CT molecular complexity index is 375. The summed E-state index contributed by atoms with van der Waals surface area (Å²) >= 11 is 0. The van der Waals surface area contributed by atoms with E-state index in [1.165, 1.54) is 17.7 Å². The van der Waals surface area contributed by atoms with Gasteiger partial charge in [0.05, 0.1) is 12.7 Å². The van der Waals surface area contributed by atoms with Gasteiger partial charge >= 0.3 is 0 Å². The van der Waals surface area contributed by atoms with E-state index in [-0.39, 0.29) is 0 Å². The van der Waals surface area contributed by atoms with Gasteiger partial charge in [0.15, 0.2) is 0 Å². The molecule has 0 heterocycles. The number of anilines is 1. The molecule has 1 aromatic rings. The third kappa shape index (κ3) is 6.49. The van der Waals surface area contributed by atoms with Crippen LogP contribution in [0.2, 0.25) is 0 Å². The summed E-state index contributed by atoms with van der Waals surface area (Å²) in [7, 11) is 2.12. The standard InChI is InChI=1S/C18H32N2O/c1-6-12-19-18(7-2)16-8-10-17(11-9-16)20(5)13-14-21-15(3)4/h8-11,15,18-19H,6-7,12-14H2,1-5H3. The summed E-state index contributed by atoms with van der Waals surface area (Å²) in [6, 6.07) is 9.37. The van der Waals surface area contributed by atoms with Gasteiger partial charge in [-0.1, -0.05) is 26.0 Å². The molecule has 0 bridgehead atoms. The number of rotatable bonds is 10. The number of ether oxygens (including phenoxy) is 1. The van der Waals surface area contributed by atoms with E-state index in [9.17, 15) is 0 Å². The van der Waals surface area contributed by atoms with Crippen LogP contribution in [0, 0.1) is 0 Å². The Kier molecular flexibility index (Phi) is 8.40. The van der Waals surface area contributed by atoms with Crippen LogP contribution in [0.15, 0.2) is 24.3 Å². The highest BCUT2D eigenvalue weighted by Crippen LogP contribution is 2.20. The maximum atomic E-state index is 5.61. The summed E-state index contributed by atoms with van der Waals surface area (Å²) in [5.74, 6) is 0. The Balaban J connectivity index is 2.55. The van der Waals surface area contributed by atoms with Crippen molar-refractivity contribution in [2.75, 3.05) is 31.6 Å². The average Bonchev–Trinajstić information content (AvgIpc) is 2.48. The Morgan fingerprint density at radius 2 is 1.81 bits per heavy atom. The van der Waals surface area contributed by atoms with E-state index < -0.39 is 0 Å². The van der Waals surface area contributed by atoms with E-state index in [0.29, 0.717) is 12.1 Å². The lowest BCUT2D eigenvalue weighted by molar-refractivity contribution is 0.0846. The van der Waals surface area contributed by atoms with Gasteiger partial charge in [0, 0.05) is 25.3 Å². The molecule has 0 aromatic heterocycles. The molecule has 1 aromatic carbocycles. The summed E-state index contributed by atoms with van der Waals surface area (Å²) in [6.45, 7) is 11.3. The quantitative estimate of drug-likeness (QED) is 0.705. The fraction of sp³-hybridized carbons (Fsp3) is 0.667. The largest absolute Gasteiger partial charge is 0.377 e. The zero-order valence-corrected chi connectivity index (χ0v) is 14.4. The summed E-state index contributed by atoms with van der Waals surface area (Å²) in [5.41, 5.74) is 2.62. The van der Waals surface area contributed by atoms with Crippen LogP contribution < -0.4 is 10.2 Å². The predicted molar refractivity (Wildman–Crippen MR) is 92.1 cm³/mol. The second kappa shape index (κ2) is 9.80. The van der Waals surface area contributed by atoms with Crippen molar-refractivity contribution < 1.29 is 4.74 Å². The minimum Gasteiger partial charge on any atom is -0.377 e. The van der Waals surface area contributed by atoms with Crippen LogP contribution in [-0.4, -0.2) is 32.8 Å². The minimum absolute atomic E-state index is 0.302. The lowest BCUT2D eigenvalue weighted by Gasteiger charge is -2.22. The number of hydrogen-bond donors (Lipinski definition) is 1. The lowest BCUT2D eigenvalue weighted by atomic mass is 10.0. The molecule has 0 fully saturated rings. The van der Waals surface area contributed by atoms with Gasteiger partial charge in [-0.05, 0) is 50.9 Å². The molecule has 3 heteroatoms. The fourth-order valence-corrected chi connectivity index (χ4v) is 2.33. The van der Waals surface area contributed by atoms with Gasteiger partial charge in [-0.15, -0.1) is 0 Å². The van der Waals surface area contributed by atoms with Crippen LogP contribution >= 0.6 is 0 Å². The fourth-order valence-electron chi connectivity index (χ4n) is 2.33. The summed E-state index contributed by atoms with van der Waals surface area (Å²) < 4.78 is 5.61. The number of likely N-dealkylation sites (N-methyl/N-ethyl adjacent to an activating group) is 1. The Labute approximate surface area is 130 Å². The third-order valence-electron chi connectivity index (χ3n) is 3.66. The van der Waals surface area contributed by atoms with Crippen LogP contribution in [0.3, 0.4) is 0 Å². The van der Waals surface area contributed by atoms with Crippen LogP contribution in [-0.2, 0) is 4.74 Å². The highest BCUT2D eigenvalue weighted by molar-refractivity contribution is 5.47. The molecule has 0 aliphatic rings. The molecule has 0 radical (unpaired) electrons. The molecule has 0 amide bonds. The lowest BCUT2D eigenvalue weighted by Crippen LogP contribution is -2.24. The van der Waals surface area contributed by atoms with Crippen molar-refractivity contribution in [1.29, 1.82) is 0 Å². The van der Waals surface area contributed by atoms with Crippen molar-refractivity contribution >= 4 is 5.69 Å². The SMILES string of the molecule is CCCNC(CC)c1ccc(N(C)CCOC(C)C)cc1. The van der Waals surface area contributed by atoms with E-state index in [0.717, 1.165) is 26.1 Å². The number of nitrogens with zero attached hydrogens (tertiary/aromatic N) is 1. The Hall–Kier alpha value is -1.06. The average molecular weight is 292 g/mol. The van der Waals surface area contributed by atoms with E-state index in [1.54, 1.807) is 0 Å². The maximum Gasteiger partial charge on any atom is 0.0644 e. The van der Waals surface area contributed by atoms with Crippen molar-refractivity contribution in [2.45, 2.75) is 52.7 Å². The van der Waals surface area contributed by atoms with Crippen LogP contribution in [0.5, 0.6) is 0 Å². The highest BCUT2D eigenvalue weighted by atomic mass is 16.5. The smallest absolute Gasteiger partial charge is 0.0644 e. The van der Waals surface area contributed by atoms with E-state index in [4.69, 9.17) is 4.74 Å². The van der Waals surface area contributed by atoms with E-state index in [2.05, 4.69) is 69.2 Å². The first-order chi connectivity index (χ1) is 10.1. The van der Waals surface area contributed by atoms with Crippen LogP contribution in [0.4, 0.5) is 5.69 Å². The minimum atomic E-state index is 0.302. The van der Waals surface area contributed by atoms with Gasteiger partial charge in [0.25, 0.3) is 0 Å². The molecule has 1 unspecified atom stereocenters. The number of benzene rings is 1. The zero-order valence-electron chi connectivity index (χ0n) is 14.4. The van der Waals surface area contributed by atoms with Crippen molar-refractivity contribution in [3.63, 3.8) is 0 Å². The molecule has 1 N–H and O–H groups in total. The van der Waals surface area contributed by atoms with Gasteiger partial charge < -0.3 is 15.0 Å². The van der Waals surface area contributed by atoms with Gasteiger partial charge in [-0.2, -0.15) is 0 Å². The monoisotopic (exact) mass is 292 g/mol. The third-order valence-corrected chi connectivity index (χ3v) is 3.66. The van der Waals surface area contributed by atoms with Crippen molar-refractivity contribution in [2.24, 2.45) is 0 Å². The van der Waals surface area contributed by atoms with Crippen molar-refractivity contribution in [3.05, 3.63) is 29.8 Å². The van der Waals surface area contributed by atoms with Gasteiger partial charge in [0.2, 0.25) is 0 Å². The predicted octanol–water partition coefficient (Wildman–Crippen LogP) is 4.00. The molecule has 0 saturated heterocycles. The van der Waals surface area contributed by atoms with Gasteiger partial charge in [-0.25, -0.2) is 0 Å². The zero-order chi connectivity index (χ0) is 15.7. The van der Waals surface area contributed by atoms with E-state index in [1.807, 2.05) is 0 Å².